The number of hydrogen-bond acceptors (Lipinski definition) is 3. The maximum atomic E-state index is 13.4. The predicted molar refractivity (Wildman–Crippen MR) is 77.8 cm³/mol. The van der Waals surface area contributed by atoms with E-state index in [1.54, 1.807) is 24.3 Å². The molecule has 0 spiro atoms. The van der Waals surface area contributed by atoms with Gasteiger partial charge in [-0.3, -0.25) is 0 Å². The van der Waals surface area contributed by atoms with E-state index in [2.05, 4.69) is 5.10 Å². The van der Waals surface area contributed by atoms with Crippen molar-refractivity contribution < 1.29 is 13.5 Å². The van der Waals surface area contributed by atoms with Gasteiger partial charge in [0, 0.05) is 6.07 Å². The average molecular weight is 315 g/mol. The summed E-state index contributed by atoms with van der Waals surface area (Å²) < 4.78 is 34.8. The highest BCUT2D eigenvalue weighted by atomic mass is 19.1. The standard InChI is InChI=1S/C16H11F2N3O2/c17-11-6-10(7-12(18)8-11)14-9-23-15-19-21(16(22)20(14)15)13-4-2-1-3-5-13/h1-8,14H,9H2/t14-/m1/s1. The van der Waals surface area contributed by atoms with E-state index < -0.39 is 23.4 Å². The molecule has 1 aliphatic rings. The van der Waals surface area contributed by atoms with Crippen LogP contribution in [0.5, 0.6) is 6.01 Å². The SMILES string of the molecule is O=c1n(-c2ccccc2)nc2n1[C@@H](c1cc(F)cc(F)c1)CO2. The molecule has 5 nitrogen and oxygen atoms in total. The molecule has 0 unspecified atom stereocenters. The third-order valence-corrected chi connectivity index (χ3v) is 3.73. The van der Waals surface area contributed by atoms with E-state index in [-0.39, 0.29) is 12.6 Å². The molecular weight excluding hydrogens is 304 g/mol. The van der Waals surface area contributed by atoms with E-state index in [1.165, 1.54) is 21.4 Å². The summed E-state index contributed by atoms with van der Waals surface area (Å²) in [5.74, 6) is -1.39. The van der Waals surface area contributed by atoms with Crippen LogP contribution in [0.2, 0.25) is 0 Å². The number of hydrogen-bond donors (Lipinski definition) is 0. The number of aromatic nitrogens is 3. The van der Waals surface area contributed by atoms with Crippen LogP contribution in [0.4, 0.5) is 8.78 Å². The summed E-state index contributed by atoms with van der Waals surface area (Å²) in [7, 11) is 0. The largest absolute Gasteiger partial charge is 0.461 e. The summed E-state index contributed by atoms with van der Waals surface area (Å²) >= 11 is 0. The summed E-state index contributed by atoms with van der Waals surface area (Å²) in [6, 6.07) is 11.6. The highest BCUT2D eigenvalue weighted by Gasteiger charge is 2.31. The van der Waals surface area contributed by atoms with Gasteiger partial charge in [0.05, 0.1) is 5.69 Å². The maximum Gasteiger partial charge on any atom is 0.354 e. The molecule has 0 saturated heterocycles. The number of benzene rings is 2. The lowest BCUT2D eigenvalue weighted by molar-refractivity contribution is 0.324. The van der Waals surface area contributed by atoms with Crippen LogP contribution in [0.3, 0.4) is 0 Å². The fourth-order valence-corrected chi connectivity index (χ4v) is 2.70. The third kappa shape index (κ3) is 2.21. The molecule has 2 heterocycles. The molecule has 0 aliphatic carbocycles. The Morgan fingerprint density at radius 3 is 2.48 bits per heavy atom. The summed E-state index contributed by atoms with van der Waals surface area (Å²) in [5, 5.41) is 4.14. The van der Waals surface area contributed by atoms with Crippen LogP contribution < -0.4 is 10.4 Å². The van der Waals surface area contributed by atoms with E-state index in [1.807, 2.05) is 6.07 Å². The second kappa shape index (κ2) is 5.05. The van der Waals surface area contributed by atoms with Crippen molar-refractivity contribution >= 4 is 0 Å². The van der Waals surface area contributed by atoms with Crippen LogP contribution in [0.15, 0.2) is 53.3 Å². The van der Waals surface area contributed by atoms with Crippen molar-refractivity contribution in [1.29, 1.82) is 0 Å². The summed E-state index contributed by atoms with van der Waals surface area (Å²) in [6.45, 7) is 0.107. The van der Waals surface area contributed by atoms with Crippen LogP contribution in [0.25, 0.3) is 5.69 Å². The number of nitrogens with zero attached hydrogens (tertiary/aromatic N) is 3. The lowest BCUT2D eigenvalue weighted by atomic mass is 10.1. The van der Waals surface area contributed by atoms with Gasteiger partial charge in [-0.05, 0) is 29.8 Å². The Morgan fingerprint density at radius 2 is 1.78 bits per heavy atom. The minimum atomic E-state index is -0.697. The summed E-state index contributed by atoms with van der Waals surface area (Å²) in [4.78, 5) is 12.6. The van der Waals surface area contributed by atoms with Gasteiger partial charge in [-0.1, -0.05) is 18.2 Å². The van der Waals surface area contributed by atoms with Crippen molar-refractivity contribution in [2.45, 2.75) is 6.04 Å². The maximum absolute atomic E-state index is 13.4. The summed E-state index contributed by atoms with van der Waals surface area (Å²) in [5.41, 5.74) is 0.501. The van der Waals surface area contributed by atoms with Gasteiger partial charge in [0.15, 0.2) is 0 Å². The Balaban J connectivity index is 1.83. The van der Waals surface area contributed by atoms with Gasteiger partial charge < -0.3 is 4.74 Å². The number of fused-ring (bicyclic) bond motifs is 1. The first-order chi connectivity index (χ1) is 11.1. The smallest absolute Gasteiger partial charge is 0.354 e. The number of rotatable bonds is 2. The molecule has 2 aromatic carbocycles. The first kappa shape index (κ1) is 13.7. The lowest BCUT2D eigenvalue weighted by Gasteiger charge is -2.10. The minimum absolute atomic E-state index is 0.107. The van der Waals surface area contributed by atoms with Gasteiger partial charge >= 0.3 is 11.7 Å². The van der Waals surface area contributed by atoms with Crippen molar-refractivity contribution in [3.8, 4) is 11.7 Å². The molecule has 116 valence electrons. The molecule has 3 aromatic rings. The van der Waals surface area contributed by atoms with Crippen molar-refractivity contribution in [3.63, 3.8) is 0 Å². The van der Waals surface area contributed by atoms with Gasteiger partial charge in [-0.25, -0.2) is 18.1 Å². The Bertz CT molecular complexity index is 914. The monoisotopic (exact) mass is 315 g/mol. The Morgan fingerprint density at radius 1 is 1.09 bits per heavy atom. The first-order valence-electron chi connectivity index (χ1n) is 6.99. The van der Waals surface area contributed by atoms with Gasteiger partial charge in [-0.15, -0.1) is 5.10 Å². The van der Waals surface area contributed by atoms with Crippen LogP contribution in [0, 0.1) is 11.6 Å². The molecule has 7 heteroatoms. The molecule has 23 heavy (non-hydrogen) atoms. The molecular formula is C16H11F2N3O2. The third-order valence-electron chi connectivity index (χ3n) is 3.73. The molecule has 1 aliphatic heterocycles. The molecule has 1 atom stereocenters. The molecule has 4 rings (SSSR count). The first-order valence-corrected chi connectivity index (χ1v) is 6.99. The summed E-state index contributed by atoms with van der Waals surface area (Å²) in [6.07, 6.45) is 0. The van der Waals surface area contributed by atoms with Crippen molar-refractivity contribution in [3.05, 3.63) is 76.2 Å². The zero-order chi connectivity index (χ0) is 16.0. The normalized spacial score (nSPS) is 16.2. The van der Waals surface area contributed by atoms with Gasteiger partial charge in [0.2, 0.25) is 0 Å². The number of halogens is 2. The molecule has 0 bridgehead atoms. The second-order valence-corrected chi connectivity index (χ2v) is 5.21. The van der Waals surface area contributed by atoms with E-state index in [9.17, 15) is 13.6 Å². The van der Waals surface area contributed by atoms with Gasteiger partial charge in [0.1, 0.15) is 24.3 Å². The van der Waals surface area contributed by atoms with E-state index in [0.717, 1.165) is 6.07 Å². The van der Waals surface area contributed by atoms with E-state index in [0.29, 0.717) is 11.3 Å². The fourth-order valence-electron chi connectivity index (χ4n) is 2.70. The molecule has 1 aromatic heterocycles. The topological polar surface area (TPSA) is 49.0 Å². The Kier molecular flexibility index (Phi) is 3.00. The molecule has 0 saturated carbocycles. The van der Waals surface area contributed by atoms with Crippen molar-refractivity contribution in [2.75, 3.05) is 6.61 Å². The lowest BCUT2D eigenvalue weighted by Crippen LogP contribution is -2.27. The van der Waals surface area contributed by atoms with Gasteiger partial charge in [0.25, 0.3) is 0 Å². The van der Waals surface area contributed by atoms with Crippen LogP contribution in [0.1, 0.15) is 11.6 Å². The Labute approximate surface area is 129 Å². The van der Waals surface area contributed by atoms with Crippen molar-refractivity contribution in [2.24, 2.45) is 0 Å². The zero-order valence-corrected chi connectivity index (χ0v) is 11.8. The fraction of sp³-hybridized carbons (Fsp3) is 0.125. The molecule has 0 fully saturated rings. The van der Waals surface area contributed by atoms with Crippen LogP contribution >= 0.6 is 0 Å². The number of ether oxygens (including phenoxy) is 1. The second-order valence-electron chi connectivity index (χ2n) is 5.21. The highest BCUT2D eigenvalue weighted by Crippen LogP contribution is 2.29. The number of para-hydroxylation sites is 1. The quantitative estimate of drug-likeness (QED) is 0.729. The van der Waals surface area contributed by atoms with Crippen molar-refractivity contribution in [1.82, 2.24) is 14.3 Å². The van der Waals surface area contributed by atoms with Crippen LogP contribution in [-0.2, 0) is 0 Å². The zero-order valence-electron chi connectivity index (χ0n) is 11.8. The Hall–Kier alpha value is -2.96. The molecule has 0 N–H and O–H groups in total. The van der Waals surface area contributed by atoms with E-state index >= 15 is 0 Å². The van der Waals surface area contributed by atoms with E-state index in [4.69, 9.17) is 4.74 Å². The highest BCUT2D eigenvalue weighted by molar-refractivity contribution is 5.31. The van der Waals surface area contributed by atoms with Crippen LogP contribution in [-0.4, -0.2) is 21.0 Å². The minimum Gasteiger partial charge on any atom is -0.461 e. The molecule has 0 radical (unpaired) electrons. The van der Waals surface area contributed by atoms with Gasteiger partial charge in [-0.2, -0.15) is 4.68 Å². The predicted octanol–water partition coefficient (Wildman–Crippen LogP) is 2.29. The average Bonchev–Trinajstić information content (AvgIpc) is 3.08. The molecule has 0 amide bonds.